The summed E-state index contributed by atoms with van der Waals surface area (Å²) < 4.78 is 0. The lowest BCUT2D eigenvalue weighted by molar-refractivity contribution is -0.138. The van der Waals surface area contributed by atoms with E-state index >= 15 is 0 Å². The van der Waals surface area contributed by atoms with Crippen LogP contribution in [0.15, 0.2) is 24.3 Å². The fourth-order valence-corrected chi connectivity index (χ4v) is 3.19. The van der Waals surface area contributed by atoms with Gasteiger partial charge in [-0.2, -0.15) is 0 Å². The first-order chi connectivity index (χ1) is 9.42. The van der Waals surface area contributed by atoms with Crippen LogP contribution in [0.5, 0.6) is 0 Å². The maximum Gasteiger partial charge on any atom is 0.227 e. The SMILES string of the molecule is CN(Cc1ccccc1Cl)C(=O)C1CCCCC1(C)N. The second-order valence-electron chi connectivity index (χ2n) is 6.09. The predicted octanol–water partition coefficient (Wildman–Crippen LogP) is 3.21. The number of amides is 1. The summed E-state index contributed by atoms with van der Waals surface area (Å²) in [5.74, 6) is 0.0540. The zero-order valence-electron chi connectivity index (χ0n) is 12.2. The fraction of sp³-hybridized carbons (Fsp3) is 0.562. The van der Waals surface area contributed by atoms with Crippen LogP contribution in [0.3, 0.4) is 0 Å². The smallest absolute Gasteiger partial charge is 0.227 e. The van der Waals surface area contributed by atoms with Crippen molar-refractivity contribution < 1.29 is 4.79 Å². The molecule has 1 aromatic carbocycles. The summed E-state index contributed by atoms with van der Waals surface area (Å²) in [6, 6.07) is 7.64. The Bertz CT molecular complexity index is 487. The number of rotatable bonds is 3. The number of hydrogen-bond donors (Lipinski definition) is 1. The Morgan fingerprint density at radius 3 is 2.80 bits per heavy atom. The van der Waals surface area contributed by atoms with Crippen LogP contribution in [0.2, 0.25) is 5.02 Å². The van der Waals surface area contributed by atoms with Gasteiger partial charge in [-0.1, -0.05) is 42.6 Å². The lowest BCUT2D eigenvalue weighted by atomic mass is 9.74. The monoisotopic (exact) mass is 294 g/mol. The third-order valence-electron chi connectivity index (χ3n) is 4.29. The van der Waals surface area contributed by atoms with E-state index in [4.69, 9.17) is 17.3 Å². The normalized spacial score (nSPS) is 26.3. The van der Waals surface area contributed by atoms with Crippen LogP contribution < -0.4 is 5.73 Å². The molecule has 2 rings (SSSR count). The zero-order valence-corrected chi connectivity index (χ0v) is 13.0. The molecule has 0 saturated heterocycles. The van der Waals surface area contributed by atoms with E-state index in [9.17, 15) is 4.79 Å². The average Bonchev–Trinajstić information content (AvgIpc) is 2.40. The van der Waals surface area contributed by atoms with Crippen molar-refractivity contribution in [3.8, 4) is 0 Å². The number of nitrogens with zero attached hydrogens (tertiary/aromatic N) is 1. The summed E-state index contributed by atoms with van der Waals surface area (Å²) in [5.41, 5.74) is 6.90. The summed E-state index contributed by atoms with van der Waals surface area (Å²) >= 11 is 6.15. The molecule has 1 aromatic rings. The highest BCUT2D eigenvalue weighted by molar-refractivity contribution is 6.31. The van der Waals surface area contributed by atoms with Crippen molar-refractivity contribution in [2.24, 2.45) is 11.7 Å². The maximum absolute atomic E-state index is 12.6. The number of hydrogen-bond acceptors (Lipinski definition) is 2. The molecule has 2 unspecified atom stereocenters. The first-order valence-electron chi connectivity index (χ1n) is 7.19. The lowest BCUT2D eigenvalue weighted by Gasteiger charge is -2.39. The van der Waals surface area contributed by atoms with Crippen LogP contribution in [0.1, 0.15) is 38.2 Å². The van der Waals surface area contributed by atoms with E-state index in [-0.39, 0.29) is 17.4 Å². The number of halogens is 1. The van der Waals surface area contributed by atoms with Crippen molar-refractivity contribution in [2.75, 3.05) is 7.05 Å². The average molecular weight is 295 g/mol. The van der Waals surface area contributed by atoms with Gasteiger partial charge in [0.05, 0.1) is 5.92 Å². The van der Waals surface area contributed by atoms with Crippen molar-refractivity contribution in [3.05, 3.63) is 34.9 Å². The first kappa shape index (κ1) is 15.3. The van der Waals surface area contributed by atoms with Gasteiger partial charge in [-0.25, -0.2) is 0 Å². The molecule has 2 atom stereocenters. The van der Waals surface area contributed by atoms with Crippen molar-refractivity contribution in [3.63, 3.8) is 0 Å². The Labute approximate surface area is 126 Å². The Morgan fingerprint density at radius 2 is 2.15 bits per heavy atom. The molecular weight excluding hydrogens is 272 g/mol. The van der Waals surface area contributed by atoms with Gasteiger partial charge in [0.1, 0.15) is 0 Å². The van der Waals surface area contributed by atoms with Crippen LogP contribution in [0.4, 0.5) is 0 Å². The predicted molar refractivity (Wildman–Crippen MR) is 82.5 cm³/mol. The first-order valence-corrected chi connectivity index (χ1v) is 7.57. The van der Waals surface area contributed by atoms with E-state index in [1.54, 1.807) is 4.90 Å². The maximum atomic E-state index is 12.6. The van der Waals surface area contributed by atoms with Crippen LogP contribution in [0, 0.1) is 5.92 Å². The molecule has 4 heteroatoms. The van der Waals surface area contributed by atoms with Gasteiger partial charge >= 0.3 is 0 Å². The molecule has 0 radical (unpaired) electrons. The van der Waals surface area contributed by atoms with Crippen LogP contribution >= 0.6 is 11.6 Å². The number of benzene rings is 1. The van der Waals surface area contributed by atoms with Crippen LogP contribution in [-0.2, 0) is 11.3 Å². The van der Waals surface area contributed by atoms with E-state index in [1.165, 1.54) is 0 Å². The van der Waals surface area contributed by atoms with Gasteiger partial charge in [-0.3, -0.25) is 4.79 Å². The molecule has 20 heavy (non-hydrogen) atoms. The third kappa shape index (κ3) is 3.33. The van der Waals surface area contributed by atoms with E-state index in [0.717, 1.165) is 31.2 Å². The van der Waals surface area contributed by atoms with Crippen molar-refractivity contribution in [1.29, 1.82) is 0 Å². The summed E-state index contributed by atoms with van der Waals surface area (Å²) in [6.07, 6.45) is 4.01. The number of nitrogens with two attached hydrogens (primary N) is 1. The molecule has 1 aliphatic rings. The second-order valence-corrected chi connectivity index (χ2v) is 6.50. The van der Waals surface area contributed by atoms with E-state index in [2.05, 4.69) is 0 Å². The van der Waals surface area contributed by atoms with Crippen LogP contribution in [0.25, 0.3) is 0 Å². The fourth-order valence-electron chi connectivity index (χ4n) is 2.99. The summed E-state index contributed by atoms with van der Waals surface area (Å²) in [6.45, 7) is 2.53. The highest BCUT2D eigenvalue weighted by atomic mass is 35.5. The summed E-state index contributed by atoms with van der Waals surface area (Å²) in [7, 11) is 1.83. The quantitative estimate of drug-likeness (QED) is 0.930. The Morgan fingerprint density at radius 1 is 1.45 bits per heavy atom. The largest absolute Gasteiger partial charge is 0.341 e. The number of carbonyl (C=O) groups excluding carboxylic acids is 1. The minimum atomic E-state index is -0.385. The molecule has 1 aliphatic carbocycles. The van der Waals surface area contributed by atoms with Crippen LogP contribution in [-0.4, -0.2) is 23.4 Å². The molecule has 0 bridgehead atoms. The molecule has 0 aliphatic heterocycles. The molecule has 0 heterocycles. The molecule has 2 N–H and O–H groups in total. The van der Waals surface area contributed by atoms with Gasteiger partial charge in [0.25, 0.3) is 0 Å². The van der Waals surface area contributed by atoms with Gasteiger partial charge in [-0.15, -0.1) is 0 Å². The minimum Gasteiger partial charge on any atom is -0.341 e. The molecule has 110 valence electrons. The Balaban J connectivity index is 2.07. The number of carbonyl (C=O) groups is 1. The molecule has 1 amide bonds. The van der Waals surface area contributed by atoms with Gasteiger partial charge < -0.3 is 10.6 Å². The van der Waals surface area contributed by atoms with Gasteiger partial charge in [0, 0.05) is 24.2 Å². The van der Waals surface area contributed by atoms with E-state index < -0.39 is 0 Å². The standard InChI is InChI=1S/C16H23ClN2O/c1-16(18)10-6-5-8-13(16)15(20)19(2)11-12-7-3-4-9-14(12)17/h3-4,7,9,13H,5-6,8,10-11,18H2,1-2H3. The van der Waals surface area contributed by atoms with Gasteiger partial charge in [-0.05, 0) is 31.4 Å². The molecule has 1 saturated carbocycles. The zero-order chi connectivity index (χ0) is 14.8. The summed E-state index contributed by atoms with van der Waals surface area (Å²) in [5, 5.41) is 0.700. The van der Waals surface area contributed by atoms with Crippen molar-refractivity contribution in [1.82, 2.24) is 4.90 Å². The lowest BCUT2D eigenvalue weighted by Crippen LogP contribution is -2.53. The second kappa shape index (κ2) is 6.15. The Hall–Kier alpha value is -1.06. The third-order valence-corrected chi connectivity index (χ3v) is 4.66. The summed E-state index contributed by atoms with van der Waals surface area (Å²) in [4.78, 5) is 14.4. The van der Waals surface area contributed by atoms with E-state index in [0.29, 0.717) is 11.6 Å². The molecular formula is C16H23ClN2O. The van der Waals surface area contributed by atoms with Gasteiger partial charge in [0.15, 0.2) is 0 Å². The van der Waals surface area contributed by atoms with E-state index in [1.807, 2.05) is 38.2 Å². The highest BCUT2D eigenvalue weighted by Crippen LogP contribution is 2.33. The molecule has 0 aromatic heterocycles. The van der Waals surface area contributed by atoms with Crippen molar-refractivity contribution >= 4 is 17.5 Å². The molecule has 0 spiro atoms. The van der Waals surface area contributed by atoms with Gasteiger partial charge in [0.2, 0.25) is 5.91 Å². The molecule has 1 fully saturated rings. The highest BCUT2D eigenvalue weighted by Gasteiger charge is 2.39. The molecule has 3 nitrogen and oxygen atoms in total. The van der Waals surface area contributed by atoms with Crippen molar-refractivity contribution in [2.45, 2.75) is 44.7 Å². The Kier molecular flexibility index (Phi) is 4.71. The minimum absolute atomic E-state index is 0.0799. The topological polar surface area (TPSA) is 46.3 Å².